The zero-order valence-electron chi connectivity index (χ0n) is 6.65. The zero-order chi connectivity index (χ0) is 9.64. The van der Waals surface area contributed by atoms with E-state index in [1.54, 1.807) is 0 Å². The van der Waals surface area contributed by atoms with Crippen LogP contribution in [0.4, 0.5) is 8.78 Å². The Morgan fingerprint density at radius 3 is 2.31 bits per heavy atom. The Bertz CT molecular complexity index is 361. The fraction of sp³-hybridized carbons (Fsp3) is 0.333. The van der Waals surface area contributed by atoms with Crippen LogP contribution in [-0.2, 0) is 5.60 Å². The van der Waals surface area contributed by atoms with Crippen molar-refractivity contribution in [1.82, 2.24) is 0 Å². The second-order valence-corrected chi connectivity index (χ2v) is 3.68. The molecule has 1 aromatic rings. The van der Waals surface area contributed by atoms with Crippen molar-refractivity contribution >= 4 is 11.6 Å². The minimum absolute atomic E-state index is 0.0823. The molecule has 0 aromatic heterocycles. The SMILES string of the molecule is OC1(c2cc(F)c(F)cc2Cl)CC1. The first-order valence-electron chi connectivity index (χ1n) is 3.90. The molecule has 0 amide bonds. The Morgan fingerprint density at radius 2 is 1.77 bits per heavy atom. The third-order valence-electron chi connectivity index (χ3n) is 2.23. The van der Waals surface area contributed by atoms with Crippen LogP contribution in [-0.4, -0.2) is 5.11 Å². The van der Waals surface area contributed by atoms with E-state index in [4.69, 9.17) is 11.6 Å². The maximum absolute atomic E-state index is 12.8. The van der Waals surface area contributed by atoms with Crippen LogP contribution in [0.5, 0.6) is 0 Å². The third-order valence-corrected chi connectivity index (χ3v) is 2.55. The monoisotopic (exact) mass is 204 g/mol. The number of hydrogen-bond acceptors (Lipinski definition) is 1. The standard InChI is InChI=1S/C9H7ClF2O/c10-6-4-8(12)7(11)3-5(6)9(13)1-2-9/h3-4,13H,1-2H2. The van der Waals surface area contributed by atoms with Crippen molar-refractivity contribution < 1.29 is 13.9 Å². The van der Waals surface area contributed by atoms with Crippen molar-refractivity contribution in [3.63, 3.8) is 0 Å². The van der Waals surface area contributed by atoms with Gasteiger partial charge >= 0.3 is 0 Å². The summed E-state index contributed by atoms with van der Waals surface area (Å²) in [4.78, 5) is 0. The van der Waals surface area contributed by atoms with Gasteiger partial charge in [0.15, 0.2) is 11.6 Å². The lowest BCUT2D eigenvalue weighted by atomic mass is 10.1. The van der Waals surface area contributed by atoms with E-state index < -0.39 is 17.2 Å². The van der Waals surface area contributed by atoms with Crippen LogP contribution in [0.1, 0.15) is 18.4 Å². The summed E-state index contributed by atoms with van der Waals surface area (Å²) in [5, 5.41) is 9.71. The number of rotatable bonds is 1. The van der Waals surface area contributed by atoms with Gasteiger partial charge in [0.25, 0.3) is 0 Å². The third kappa shape index (κ3) is 1.42. The van der Waals surface area contributed by atoms with Gasteiger partial charge in [-0.25, -0.2) is 8.78 Å². The summed E-state index contributed by atoms with van der Waals surface area (Å²) in [6.07, 6.45) is 1.11. The van der Waals surface area contributed by atoms with E-state index >= 15 is 0 Å². The zero-order valence-corrected chi connectivity index (χ0v) is 7.41. The molecule has 0 atom stereocenters. The van der Waals surface area contributed by atoms with Crippen LogP contribution in [0.15, 0.2) is 12.1 Å². The van der Waals surface area contributed by atoms with Crippen LogP contribution < -0.4 is 0 Å². The molecule has 0 unspecified atom stereocenters. The van der Waals surface area contributed by atoms with E-state index in [1.165, 1.54) is 0 Å². The molecule has 0 bridgehead atoms. The number of hydrogen-bond donors (Lipinski definition) is 1. The first-order chi connectivity index (χ1) is 6.03. The van der Waals surface area contributed by atoms with E-state index in [1.807, 2.05) is 0 Å². The molecular formula is C9H7ClF2O. The molecular weight excluding hydrogens is 198 g/mol. The Hall–Kier alpha value is -0.670. The van der Waals surface area contributed by atoms with Gasteiger partial charge in [-0.3, -0.25) is 0 Å². The molecule has 0 heterocycles. The molecule has 1 nitrogen and oxygen atoms in total. The van der Waals surface area contributed by atoms with Gasteiger partial charge in [-0.2, -0.15) is 0 Å². The molecule has 13 heavy (non-hydrogen) atoms. The Balaban J connectivity index is 2.52. The molecule has 0 spiro atoms. The van der Waals surface area contributed by atoms with E-state index in [9.17, 15) is 13.9 Å². The maximum Gasteiger partial charge on any atom is 0.160 e. The van der Waals surface area contributed by atoms with Crippen LogP contribution in [0, 0.1) is 11.6 Å². The molecule has 1 saturated carbocycles. The average Bonchev–Trinajstić information content (AvgIpc) is 2.77. The quantitative estimate of drug-likeness (QED) is 0.698. The van der Waals surface area contributed by atoms with Gasteiger partial charge in [-0.15, -0.1) is 0 Å². The van der Waals surface area contributed by atoms with Gasteiger partial charge in [-0.1, -0.05) is 11.6 Å². The first-order valence-corrected chi connectivity index (χ1v) is 4.28. The van der Waals surface area contributed by atoms with Crippen molar-refractivity contribution in [3.05, 3.63) is 34.4 Å². The number of halogens is 3. The van der Waals surface area contributed by atoms with Crippen LogP contribution in [0.3, 0.4) is 0 Å². The normalized spacial score (nSPS) is 18.8. The fourth-order valence-corrected chi connectivity index (χ4v) is 1.59. The molecule has 1 aliphatic rings. The van der Waals surface area contributed by atoms with Gasteiger partial charge in [0.1, 0.15) is 0 Å². The summed E-state index contributed by atoms with van der Waals surface area (Å²) in [6.45, 7) is 0. The van der Waals surface area contributed by atoms with Crippen LogP contribution in [0.25, 0.3) is 0 Å². The van der Waals surface area contributed by atoms with E-state index in [0.717, 1.165) is 12.1 Å². The maximum atomic E-state index is 12.8. The van der Waals surface area contributed by atoms with Gasteiger partial charge in [0, 0.05) is 10.6 Å². The Kier molecular flexibility index (Phi) is 1.82. The molecule has 4 heteroatoms. The predicted molar refractivity (Wildman–Crippen MR) is 44.5 cm³/mol. The molecule has 0 aliphatic heterocycles. The van der Waals surface area contributed by atoms with E-state index in [0.29, 0.717) is 12.8 Å². The summed E-state index contributed by atoms with van der Waals surface area (Å²) in [6, 6.07) is 1.85. The first kappa shape index (κ1) is 8.91. The van der Waals surface area contributed by atoms with Gasteiger partial charge in [-0.05, 0) is 25.0 Å². The summed E-state index contributed by atoms with van der Waals surface area (Å²) in [5.41, 5.74) is -0.737. The number of benzene rings is 1. The lowest BCUT2D eigenvalue weighted by Crippen LogP contribution is -2.06. The molecule has 0 saturated heterocycles. The summed E-state index contributed by atoms with van der Waals surface area (Å²) in [5.74, 6) is -1.96. The second kappa shape index (κ2) is 2.66. The van der Waals surface area contributed by atoms with Crippen LogP contribution in [0.2, 0.25) is 5.02 Å². The fourth-order valence-electron chi connectivity index (χ4n) is 1.27. The minimum Gasteiger partial charge on any atom is -0.385 e. The molecule has 1 fully saturated rings. The highest BCUT2D eigenvalue weighted by molar-refractivity contribution is 6.31. The van der Waals surface area contributed by atoms with Crippen molar-refractivity contribution in [2.24, 2.45) is 0 Å². The summed E-state index contributed by atoms with van der Waals surface area (Å²) in [7, 11) is 0. The van der Waals surface area contributed by atoms with Gasteiger partial charge < -0.3 is 5.11 Å². The lowest BCUT2D eigenvalue weighted by Gasteiger charge is -2.10. The smallest absolute Gasteiger partial charge is 0.160 e. The number of aliphatic hydroxyl groups is 1. The topological polar surface area (TPSA) is 20.2 Å². The highest BCUT2D eigenvalue weighted by atomic mass is 35.5. The minimum atomic E-state index is -1.02. The molecule has 1 aliphatic carbocycles. The lowest BCUT2D eigenvalue weighted by molar-refractivity contribution is 0.151. The van der Waals surface area contributed by atoms with E-state index in [-0.39, 0.29) is 10.6 Å². The average molecular weight is 205 g/mol. The van der Waals surface area contributed by atoms with Crippen molar-refractivity contribution in [3.8, 4) is 0 Å². The van der Waals surface area contributed by atoms with Crippen molar-refractivity contribution in [2.45, 2.75) is 18.4 Å². The second-order valence-electron chi connectivity index (χ2n) is 3.28. The molecule has 2 rings (SSSR count). The Labute approximate surface area is 78.9 Å². The Morgan fingerprint density at radius 1 is 1.23 bits per heavy atom. The predicted octanol–water partition coefficient (Wildman–Crippen LogP) is 2.60. The van der Waals surface area contributed by atoms with Crippen LogP contribution >= 0.6 is 11.6 Å². The van der Waals surface area contributed by atoms with Crippen molar-refractivity contribution in [1.29, 1.82) is 0 Å². The highest BCUT2D eigenvalue weighted by Gasteiger charge is 2.44. The summed E-state index contributed by atoms with van der Waals surface area (Å²) < 4.78 is 25.4. The van der Waals surface area contributed by atoms with Gasteiger partial charge in [0.2, 0.25) is 0 Å². The molecule has 0 radical (unpaired) electrons. The van der Waals surface area contributed by atoms with E-state index in [2.05, 4.69) is 0 Å². The molecule has 1 aromatic carbocycles. The van der Waals surface area contributed by atoms with Gasteiger partial charge in [0.05, 0.1) is 5.60 Å². The largest absolute Gasteiger partial charge is 0.385 e. The summed E-state index contributed by atoms with van der Waals surface area (Å²) >= 11 is 5.66. The van der Waals surface area contributed by atoms with Crippen molar-refractivity contribution in [2.75, 3.05) is 0 Å². The highest BCUT2D eigenvalue weighted by Crippen LogP contribution is 2.48. The molecule has 70 valence electrons. The molecule has 1 N–H and O–H groups in total.